The number of nitrogens with zero attached hydrogens (tertiary/aromatic N) is 1. The Kier molecular flexibility index (Phi) is 8.52. The van der Waals surface area contributed by atoms with Gasteiger partial charge in [-0.15, -0.1) is 0 Å². The van der Waals surface area contributed by atoms with Gasteiger partial charge in [-0.25, -0.2) is 13.2 Å². The number of ether oxygens (including phenoxy) is 1. The fourth-order valence-corrected chi connectivity index (χ4v) is 4.93. The van der Waals surface area contributed by atoms with E-state index in [0.717, 1.165) is 29.6 Å². The first-order valence-electron chi connectivity index (χ1n) is 10.7. The third-order valence-electron chi connectivity index (χ3n) is 5.42. The quantitative estimate of drug-likeness (QED) is 0.417. The van der Waals surface area contributed by atoms with E-state index < -0.39 is 28.5 Å². The van der Waals surface area contributed by atoms with Crippen LogP contribution in [-0.4, -0.2) is 40.5 Å². The van der Waals surface area contributed by atoms with Crippen LogP contribution < -0.4 is 9.62 Å². The fraction of sp³-hybridized carbons (Fsp3) is 0.333. The van der Waals surface area contributed by atoms with E-state index in [1.807, 2.05) is 0 Å². The van der Waals surface area contributed by atoms with E-state index in [1.54, 1.807) is 30.3 Å². The van der Waals surface area contributed by atoms with Crippen molar-refractivity contribution in [2.45, 2.75) is 37.0 Å². The largest absolute Gasteiger partial charge is 0.452 e. The summed E-state index contributed by atoms with van der Waals surface area (Å²) < 4.78 is 32.2. The van der Waals surface area contributed by atoms with Gasteiger partial charge < -0.3 is 10.1 Å². The fourth-order valence-electron chi connectivity index (χ4n) is 3.51. The summed E-state index contributed by atoms with van der Waals surface area (Å²) in [5.74, 6) is -1.30. The second kappa shape index (κ2) is 11.3. The third-order valence-corrected chi connectivity index (χ3v) is 7.53. The standard InChI is InChI=1S/C24H27ClN2O5S/c1-27(19-10-6-3-7-11-19)33(30,31)20-12-13-22(25)21(16-20)24(29)32-17-23(28)26-15-14-18-8-4-2-5-9-18/h3,6-8,10-13,16H,2,4-5,9,14-15,17H2,1H3,(H,26,28). The van der Waals surface area contributed by atoms with Crippen LogP contribution >= 0.6 is 11.6 Å². The molecule has 0 saturated heterocycles. The molecule has 0 bridgehead atoms. The first kappa shape index (κ1) is 24.8. The summed E-state index contributed by atoms with van der Waals surface area (Å²) in [6.45, 7) is -0.00235. The number of para-hydroxylation sites is 1. The lowest BCUT2D eigenvalue weighted by atomic mass is 9.97. The number of amides is 1. The average molecular weight is 491 g/mol. The highest BCUT2D eigenvalue weighted by molar-refractivity contribution is 7.92. The number of esters is 1. The molecule has 0 unspecified atom stereocenters. The molecule has 9 heteroatoms. The highest BCUT2D eigenvalue weighted by atomic mass is 35.5. The monoisotopic (exact) mass is 490 g/mol. The molecule has 0 radical (unpaired) electrons. The summed E-state index contributed by atoms with van der Waals surface area (Å²) in [6, 6.07) is 12.4. The maximum Gasteiger partial charge on any atom is 0.340 e. The molecule has 176 valence electrons. The van der Waals surface area contributed by atoms with E-state index in [-0.39, 0.29) is 15.5 Å². The molecule has 2 aromatic rings. The van der Waals surface area contributed by atoms with Gasteiger partial charge in [0, 0.05) is 13.6 Å². The first-order valence-corrected chi connectivity index (χ1v) is 12.6. The molecule has 0 spiro atoms. The number of rotatable bonds is 9. The normalized spacial score (nSPS) is 13.7. The van der Waals surface area contributed by atoms with E-state index in [4.69, 9.17) is 16.3 Å². The van der Waals surface area contributed by atoms with Crippen molar-refractivity contribution in [3.63, 3.8) is 0 Å². The van der Waals surface area contributed by atoms with Crippen LogP contribution in [0.4, 0.5) is 5.69 Å². The number of carbonyl (C=O) groups is 2. The molecule has 0 aliphatic heterocycles. The summed E-state index contributed by atoms with van der Waals surface area (Å²) in [5, 5.41) is 2.76. The van der Waals surface area contributed by atoms with Crippen molar-refractivity contribution in [3.8, 4) is 0 Å². The van der Waals surface area contributed by atoms with Gasteiger partial charge in [0.1, 0.15) is 0 Å². The topological polar surface area (TPSA) is 92.8 Å². The highest BCUT2D eigenvalue weighted by Gasteiger charge is 2.24. The van der Waals surface area contributed by atoms with Crippen molar-refractivity contribution < 1.29 is 22.7 Å². The molecule has 0 fully saturated rings. The van der Waals surface area contributed by atoms with Crippen molar-refractivity contribution in [1.29, 1.82) is 0 Å². The van der Waals surface area contributed by atoms with Crippen LogP contribution in [-0.2, 0) is 19.6 Å². The molecule has 1 amide bonds. The Morgan fingerprint density at radius 1 is 1.12 bits per heavy atom. The van der Waals surface area contributed by atoms with Crippen LogP contribution in [0.5, 0.6) is 0 Å². The predicted octanol–water partition coefficient (Wildman–Crippen LogP) is 4.33. The number of benzene rings is 2. The second-order valence-electron chi connectivity index (χ2n) is 7.73. The van der Waals surface area contributed by atoms with Crippen molar-refractivity contribution in [2.24, 2.45) is 0 Å². The van der Waals surface area contributed by atoms with Crippen LogP contribution in [0, 0.1) is 0 Å². The van der Waals surface area contributed by atoms with Crippen molar-refractivity contribution >= 4 is 39.2 Å². The molecule has 0 aromatic heterocycles. The Morgan fingerprint density at radius 2 is 1.88 bits per heavy atom. The summed E-state index contributed by atoms with van der Waals surface area (Å²) in [6.07, 6.45) is 7.52. The van der Waals surface area contributed by atoms with Gasteiger partial charge in [0.2, 0.25) is 0 Å². The molecule has 2 aromatic carbocycles. The maximum absolute atomic E-state index is 13.0. The first-order chi connectivity index (χ1) is 15.8. The highest BCUT2D eigenvalue weighted by Crippen LogP contribution is 2.26. The molecular weight excluding hydrogens is 464 g/mol. The number of hydrogen-bond acceptors (Lipinski definition) is 5. The number of halogens is 1. The van der Waals surface area contributed by atoms with Gasteiger partial charge in [0.05, 0.1) is 21.2 Å². The average Bonchev–Trinajstić information content (AvgIpc) is 2.83. The van der Waals surface area contributed by atoms with Crippen LogP contribution in [0.3, 0.4) is 0 Å². The minimum absolute atomic E-state index is 0.0333. The van der Waals surface area contributed by atoms with Gasteiger partial charge in [-0.3, -0.25) is 9.10 Å². The Labute approximate surface area is 199 Å². The number of sulfonamides is 1. The molecule has 0 saturated carbocycles. The van der Waals surface area contributed by atoms with Gasteiger partial charge in [-0.2, -0.15) is 0 Å². The van der Waals surface area contributed by atoms with E-state index in [9.17, 15) is 18.0 Å². The van der Waals surface area contributed by atoms with Crippen molar-refractivity contribution in [3.05, 3.63) is 70.8 Å². The third kappa shape index (κ3) is 6.58. The molecule has 0 atom stereocenters. The SMILES string of the molecule is CN(c1ccccc1)S(=O)(=O)c1ccc(Cl)c(C(=O)OCC(=O)NCCC2=CCCCC2)c1. The van der Waals surface area contributed by atoms with E-state index in [2.05, 4.69) is 11.4 Å². The Hall–Kier alpha value is -2.84. The zero-order valence-electron chi connectivity index (χ0n) is 18.4. The summed E-state index contributed by atoms with van der Waals surface area (Å²) in [5.41, 5.74) is 1.68. The number of anilines is 1. The maximum atomic E-state index is 13.0. The predicted molar refractivity (Wildman–Crippen MR) is 128 cm³/mol. The van der Waals surface area contributed by atoms with Gasteiger partial charge >= 0.3 is 5.97 Å². The lowest BCUT2D eigenvalue weighted by molar-refractivity contribution is -0.124. The molecule has 1 N–H and O–H groups in total. The lowest BCUT2D eigenvalue weighted by Gasteiger charge is -2.20. The van der Waals surface area contributed by atoms with Gasteiger partial charge in [-0.05, 0) is 62.4 Å². The van der Waals surface area contributed by atoms with Gasteiger partial charge in [0.25, 0.3) is 15.9 Å². The summed E-state index contributed by atoms with van der Waals surface area (Å²) in [7, 11) is -2.51. The van der Waals surface area contributed by atoms with Gasteiger partial charge in [-0.1, -0.05) is 41.4 Å². The number of hydrogen-bond donors (Lipinski definition) is 1. The summed E-state index contributed by atoms with van der Waals surface area (Å²) in [4.78, 5) is 24.4. The lowest BCUT2D eigenvalue weighted by Crippen LogP contribution is -2.30. The molecule has 33 heavy (non-hydrogen) atoms. The minimum Gasteiger partial charge on any atom is -0.452 e. The van der Waals surface area contributed by atoms with Crippen molar-refractivity contribution in [1.82, 2.24) is 5.32 Å². The molecular formula is C24H27ClN2O5S. The molecule has 3 rings (SSSR count). The molecule has 1 aliphatic rings. The van der Waals surface area contributed by atoms with E-state index in [0.29, 0.717) is 12.2 Å². The number of carbonyl (C=O) groups excluding carboxylic acids is 2. The zero-order chi connectivity index (χ0) is 23.8. The second-order valence-corrected chi connectivity index (χ2v) is 10.1. The number of nitrogens with one attached hydrogen (secondary N) is 1. The van der Waals surface area contributed by atoms with Crippen LogP contribution in [0.2, 0.25) is 5.02 Å². The van der Waals surface area contributed by atoms with Crippen LogP contribution in [0.25, 0.3) is 0 Å². The summed E-state index contributed by atoms with van der Waals surface area (Å²) >= 11 is 6.11. The zero-order valence-corrected chi connectivity index (χ0v) is 20.0. The van der Waals surface area contributed by atoms with Crippen LogP contribution in [0.15, 0.2) is 65.1 Å². The molecule has 1 aliphatic carbocycles. The minimum atomic E-state index is -3.94. The van der Waals surface area contributed by atoms with Gasteiger partial charge in [0.15, 0.2) is 6.61 Å². The van der Waals surface area contributed by atoms with Crippen molar-refractivity contribution in [2.75, 3.05) is 24.5 Å². The van der Waals surface area contributed by atoms with Crippen LogP contribution in [0.1, 0.15) is 42.5 Å². The smallest absolute Gasteiger partial charge is 0.340 e. The van der Waals surface area contributed by atoms with E-state index >= 15 is 0 Å². The number of allylic oxidation sites excluding steroid dienone is 1. The van der Waals surface area contributed by atoms with E-state index in [1.165, 1.54) is 37.6 Å². The Balaban J connectivity index is 1.61. The Bertz CT molecular complexity index is 1130. The Morgan fingerprint density at radius 3 is 2.58 bits per heavy atom. The molecule has 0 heterocycles. The molecule has 7 nitrogen and oxygen atoms in total.